The SMILES string of the molecule is CC(=O)OC[C@@]1(C)C(OC(C)=O)CC[C@@]2(C)[C@H]1CC[C@]1(C)[C@@H]2CC=C2[C@@H]3CC(C)(C)CC[C@]3(C)CC[C@]21C. The summed E-state index contributed by atoms with van der Waals surface area (Å²) in [7, 11) is 0. The van der Waals surface area contributed by atoms with Crippen LogP contribution in [0.4, 0.5) is 0 Å². The molecule has 5 aliphatic rings. The standard InChI is InChI=1S/C34H54O4/c1-22(35)37-21-32(7)26-12-15-34(9)27(31(26,6)14-13-28(32)38-23(2)36)11-10-24-25-20-29(3,4)16-17-30(25,5)18-19-33(24,34)8/h10,25-28H,11-21H2,1-9H3/t25-,26+,27+,28?,30+,31-,32+,33+,34+/m0/s1. The molecule has 38 heavy (non-hydrogen) atoms. The van der Waals surface area contributed by atoms with E-state index in [-0.39, 0.29) is 39.7 Å². The Balaban J connectivity index is 1.53. The Labute approximate surface area is 232 Å². The average molecular weight is 527 g/mol. The molecule has 214 valence electrons. The van der Waals surface area contributed by atoms with Crippen LogP contribution in [0.3, 0.4) is 0 Å². The molecule has 4 heteroatoms. The second-order valence-corrected chi connectivity index (χ2v) is 16.3. The minimum atomic E-state index is -0.366. The van der Waals surface area contributed by atoms with Crippen molar-refractivity contribution in [3.8, 4) is 0 Å². The lowest BCUT2D eigenvalue weighted by atomic mass is 9.33. The molecule has 0 aromatic heterocycles. The fourth-order valence-corrected chi connectivity index (χ4v) is 11.2. The Hall–Kier alpha value is -1.32. The highest BCUT2D eigenvalue weighted by Crippen LogP contribution is 2.75. The van der Waals surface area contributed by atoms with Crippen molar-refractivity contribution >= 4 is 11.9 Å². The van der Waals surface area contributed by atoms with E-state index in [9.17, 15) is 9.59 Å². The Morgan fingerprint density at radius 1 is 0.842 bits per heavy atom. The van der Waals surface area contributed by atoms with E-state index in [1.54, 1.807) is 5.57 Å². The van der Waals surface area contributed by atoms with E-state index in [1.165, 1.54) is 52.4 Å². The van der Waals surface area contributed by atoms with Gasteiger partial charge in [0, 0.05) is 19.3 Å². The molecule has 5 aliphatic carbocycles. The molecule has 0 aromatic carbocycles. The van der Waals surface area contributed by atoms with Gasteiger partial charge in [-0.2, -0.15) is 0 Å². The van der Waals surface area contributed by atoms with Gasteiger partial charge in [-0.25, -0.2) is 0 Å². The van der Waals surface area contributed by atoms with Gasteiger partial charge in [-0.3, -0.25) is 9.59 Å². The van der Waals surface area contributed by atoms with Gasteiger partial charge in [0.25, 0.3) is 0 Å². The number of hydrogen-bond acceptors (Lipinski definition) is 4. The smallest absolute Gasteiger partial charge is 0.302 e. The fourth-order valence-electron chi connectivity index (χ4n) is 11.2. The Bertz CT molecular complexity index is 1030. The maximum absolute atomic E-state index is 12.1. The van der Waals surface area contributed by atoms with Gasteiger partial charge in [0.05, 0.1) is 0 Å². The van der Waals surface area contributed by atoms with Gasteiger partial charge in [0.2, 0.25) is 0 Å². The van der Waals surface area contributed by atoms with E-state index in [0.29, 0.717) is 35.2 Å². The van der Waals surface area contributed by atoms with Crippen molar-refractivity contribution in [1.82, 2.24) is 0 Å². The van der Waals surface area contributed by atoms with E-state index in [4.69, 9.17) is 9.47 Å². The normalized spacial score (nSPS) is 49.3. The molecule has 4 nitrogen and oxygen atoms in total. The van der Waals surface area contributed by atoms with Crippen molar-refractivity contribution in [2.45, 2.75) is 133 Å². The van der Waals surface area contributed by atoms with Crippen LogP contribution in [0.1, 0.15) is 127 Å². The lowest BCUT2D eigenvalue weighted by Gasteiger charge is -2.71. The quantitative estimate of drug-likeness (QED) is 0.274. The molecule has 5 rings (SSSR count). The van der Waals surface area contributed by atoms with Crippen molar-refractivity contribution < 1.29 is 19.1 Å². The van der Waals surface area contributed by atoms with Crippen LogP contribution in [-0.2, 0) is 19.1 Å². The number of rotatable bonds is 3. The summed E-state index contributed by atoms with van der Waals surface area (Å²) in [6, 6.07) is 0. The first kappa shape index (κ1) is 28.2. The number of esters is 2. The lowest BCUT2D eigenvalue weighted by Crippen LogP contribution is -2.65. The molecule has 0 aliphatic heterocycles. The third kappa shape index (κ3) is 3.96. The third-order valence-corrected chi connectivity index (χ3v) is 13.7. The largest absolute Gasteiger partial charge is 0.465 e. The average Bonchev–Trinajstić information content (AvgIpc) is 2.81. The summed E-state index contributed by atoms with van der Waals surface area (Å²) in [5, 5.41) is 0. The van der Waals surface area contributed by atoms with Gasteiger partial charge in [-0.1, -0.05) is 60.1 Å². The lowest BCUT2D eigenvalue weighted by molar-refractivity contribution is -0.225. The Morgan fingerprint density at radius 3 is 2.18 bits per heavy atom. The zero-order valence-corrected chi connectivity index (χ0v) is 25.8. The number of carbonyl (C=O) groups excluding carboxylic acids is 2. The van der Waals surface area contributed by atoms with E-state index >= 15 is 0 Å². The van der Waals surface area contributed by atoms with Crippen molar-refractivity contribution in [2.75, 3.05) is 6.61 Å². The zero-order chi connectivity index (χ0) is 27.9. The number of hydrogen-bond donors (Lipinski definition) is 0. The molecule has 1 unspecified atom stereocenters. The summed E-state index contributed by atoms with van der Waals surface area (Å²) in [4.78, 5) is 24.0. The first-order valence-corrected chi connectivity index (χ1v) is 15.5. The molecule has 0 aromatic rings. The highest BCUT2D eigenvalue weighted by atomic mass is 16.6. The summed E-state index contributed by atoms with van der Waals surface area (Å²) in [6.45, 7) is 21.0. The number of fused-ring (bicyclic) bond motifs is 7. The van der Waals surface area contributed by atoms with Gasteiger partial charge < -0.3 is 9.47 Å². The molecule has 0 heterocycles. The van der Waals surface area contributed by atoms with Gasteiger partial charge >= 0.3 is 11.9 Å². The maximum atomic E-state index is 12.1. The first-order valence-electron chi connectivity index (χ1n) is 15.5. The van der Waals surface area contributed by atoms with Crippen LogP contribution in [-0.4, -0.2) is 24.6 Å². The molecule has 0 bridgehead atoms. The molecular weight excluding hydrogens is 472 g/mol. The minimum Gasteiger partial charge on any atom is -0.465 e. The van der Waals surface area contributed by atoms with Crippen LogP contribution >= 0.6 is 0 Å². The molecule has 0 saturated heterocycles. The molecule has 0 amide bonds. The second kappa shape index (κ2) is 8.84. The van der Waals surface area contributed by atoms with Gasteiger partial charge in [-0.15, -0.1) is 0 Å². The Morgan fingerprint density at radius 2 is 1.53 bits per heavy atom. The zero-order valence-electron chi connectivity index (χ0n) is 25.8. The monoisotopic (exact) mass is 526 g/mol. The van der Waals surface area contributed by atoms with Crippen LogP contribution in [0, 0.1) is 50.2 Å². The maximum Gasteiger partial charge on any atom is 0.302 e. The topological polar surface area (TPSA) is 52.6 Å². The summed E-state index contributed by atoms with van der Waals surface area (Å²) in [6.07, 6.45) is 14.6. The predicted octanol–water partition coefficient (Wildman–Crippen LogP) is 8.28. The predicted molar refractivity (Wildman–Crippen MR) is 151 cm³/mol. The van der Waals surface area contributed by atoms with E-state index in [0.717, 1.165) is 25.7 Å². The number of ether oxygens (including phenoxy) is 2. The highest BCUT2D eigenvalue weighted by molar-refractivity contribution is 5.66. The van der Waals surface area contributed by atoms with Crippen LogP contribution in [0.15, 0.2) is 11.6 Å². The van der Waals surface area contributed by atoms with E-state index in [1.807, 2.05) is 0 Å². The summed E-state index contributed by atoms with van der Waals surface area (Å²) in [5.74, 6) is 1.16. The van der Waals surface area contributed by atoms with Crippen LogP contribution < -0.4 is 0 Å². The first-order chi connectivity index (χ1) is 17.5. The van der Waals surface area contributed by atoms with Gasteiger partial charge in [0.15, 0.2) is 0 Å². The Kier molecular flexibility index (Phi) is 6.56. The van der Waals surface area contributed by atoms with Crippen molar-refractivity contribution in [3.63, 3.8) is 0 Å². The van der Waals surface area contributed by atoms with Crippen LogP contribution in [0.25, 0.3) is 0 Å². The van der Waals surface area contributed by atoms with Gasteiger partial charge in [-0.05, 0) is 109 Å². The van der Waals surface area contributed by atoms with Crippen molar-refractivity contribution in [3.05, 3.63) is 11.6 Å². The summed E-state index contributed by atoms with van der Waals surface area (Å²) < 4.78 is 11.7. The summed E-state index contributed by atoms with van der Waals surface area (Å²) >= 11 is 0. The minimum absolute atomic E-state index is 0.121. The molecular formula is C34H54O4. The van der Waals surface area contributed by atoms with Gasteiger partial charge in [0.1, 0.15) is 12.7 Å². The van der Waals surface area contributed by atoms with Crippen LogP contribution in [0.5, 0.6) is 0 Å². The molecule has 0 N–H and O–H groups in total. The van der Waals surface area contributed by atoms with Crippen molar-refractivity contribution in [2.24, 2.45) is 50.2 Å². The van der Waals surface area contributed by atoms with Crippen molar-refractivity contribution in [1.29, 1.82) is 0 Å². The molecule has 4 saturated carbocycles. The second-order valence-electron chi connectivity index (χ2n) is 16.3. The number of allylic oxidation sites excluding steroid dienone is 2. The third-order valence-electron chi connectivity index (χ3n) is 13.7. The molecule has 0 radical (unpaired) electrons. The highest BCUT2D eigenvalue weighted by Gasteiger charge is 2.69. The molecule has 0 spiro atoms. The summed E-state index contributed by atoms with van der Waals surface area (Å²) in [5.41, 5.74) is 2.93. The number of carbonyl (C=O) groups is 2. The molecule has 4 fully saturated rings. The van der Waals surface area contributed by atoms with Crippen LogP contribution in [0.2, 0.25) is 0 Å². The fraction of sp³-hybridized carbons (Fsp3) is 0.882. The van der Waals surface area contributed by atoms with E-state index in [2.05, 4.69) is 54.5 Å². The van der Waals surface area contributed by atoms with E-state index < -0.39 is 0 Å². The molecule has 9 atom stereocenters.